The number of hydrogen-bond donors (Lipinski definition) is 1. The number of thioether (sulfide) groups is 1. The van der Waals surface area contributed by atoms with Gasteiger partial charge in [-0.05, 0) is 43.9 Å². The van der Waals surface area contributed by atoms with Crippen molar-refractivity contribution in [1.29, 1.82) is 0 Å². The van der Waals surface area contributed by atoms with Crippen molar-refractivity contribution in [3.63, 3.8) is 0 Å². The number of benzene rings is 1. The second-order valence-corrected chi connectivity index (χ2v) is 6.93. The Morgan fingerprint density at radius 1 is 1.25 bits per heavy atom. The minimum Gasteiger partial charge on any atom is -0.310 e. The highest BCUT2D eigenvalue weighted by Gasteiger charge is 2.31. The van der Waals surface area contributed by atoms with Gasteiger partial charge in [-0.1, -0.05) is 43.2 Å². The van der Waals surface area contributed by atoms with Gasteiger partial charge in [0, 0.05) is 22.6 Å². The zero-order chi connectivity index (χ0) is 13.8. The molecule has 0 fully saturated rings. The summed E-state index contributed by atoms with van der Waals surface area (Å²) in [7, 11) is 0. The molecule has 1 heterocycles. The first-order valence-electron chi connectivity index (χ1n) is 8.04. The van der Waals surface area contributed by atoms with Crippen molar-refractivity contribution in [3.8, 4) is 0 Å². The van der Waals surface area contributed by atoms with Gasteiger partial charge in [0.05, 0.1) is 0 Å². The van der Waals surface area contributed by atoms with Crippen LogP contribution in [-0.4, -0.2) is 18.3 Å². The molecule has 0 saturated heterocycles. The van der Waals surface area contributed by atoms with Crippen molar-refractivity contribution in [3.05, 3.63) is 41.5 Å². The highest BCUT2D eigenvalue weighted by molar-refractivity contribution is 7.99. The van der Waals surface area contributed by atoms with Gasteiger partial charge in [-0.25, -0.2) is 0 Å². The molecular formula is C18H25NS. The number of fused-ring (bicyclic) bond motifs is 1. The third-order valence-electron chi connectivity index (χ3n) is 4.54. The Bertz CT molecular complexity index is 480. The monoisotopic (exact) mass is 287 g/mol. The van der Waals surface area contributed by atoms with Crippen LogP contribution < -0.4 is 5.32 Å². The second-order valence-electron chi connectivity index (χ2n) is 5.87. The van der Waals surface area contributed by atoms with Crippen LogP contribution in [0.4, 0.5) is 0 Å². The van der Waals surface area contributed by atoms with E-state index in [0.717, 1.165) is 6.54 Å². The van der Waals surface area contributed by atoms with Gasteiger partial charge in [-0.2, -0.15) is 0 Å². The summed E-state index contributed by atoms with van der Waals surface area (Å²) in [6.45, 7) is 3.30. The lowest BCUT2D eigenvalue weighted by Crippen LogP contribution is -2.36. The predicted molar refractivity (Wildman–Crippen MR) is 88.5 cm³/mol. The first-order valence-corrected chi connectivity index (χ1v) is 9.02. The zero-order valence-corrected chi connectivity index (χ0v) is 13.2. The van der Waals surface area contributed by atoms with E-state index in [1.807, 2.05) is 11.8 Å². The van der Waals surface area contributed by atoms with Crippen molar-refractivity contribution < 1.29 is 0 Å². The van der Waals surface area contributed by atoms with E-state index in [1.165, 1.54) is 42.8 Å². The Hall–Kier alpha value is -0.730. The van der Waals surface area contributed by atoms with Gasteiger partial charge >= 0.3 is 0 Å². The lowest BCUT2D eigenvalue weighted by atomic mass is 9.86. The van der Waals surface area contributed by atoms with E-state index in [2.05, 4.69) is 42.6 Å². The van der Waals surface area contributed by atoms with E-state index >= 15 is 0 Å². The molecule has 1 aromatic carbocycles. The SMILES string of the molecule is CCNC(C1=CCCCCC1)C1CSc2ccccc21. The van der Waals surface area contributed by atoms with Gasteiger partial charge < -0.3 is 5.32 Å². The van der Waals surface area contributed by atoms with Gasteiger partial charge in [0.15, 0.2) is 0 Å². The maximum absolute atomic E-state index is 3.78. The van der Waals surface area contributed by atoms with Crippen molar-refractivity contribution in [2.75, 3.05) is 12.3 Å². The molecule has 0 amide bonds. The molecule has 0 bridgehead atoms. The van der Waals surface area contributed by atoms with E-state index in [9.17, 15) is 0 Å². The fourth-order valence-corrected chi connectivity index (χ4v) is 4.83. The predicted octanol–water partition coefficient (Wildman–Crippen LogP) is 4.74. The molecule has 3 rings (SSSR count). The summed E-state index contributed by atoms with van der Waals surface area (Å²) in [5.41, 5.74) is 3.24. The molecule has 2 unspecified atom stereocenters. The first-order chi connectivity index (χ1) is 9.90. The minimum absolute atomic E-state index is 0.550. The van der Waals surface area contributed by atoms with Crippen LogP contribution >= 0.6 is 11.8 Å². The largest absolute Gasteiger partial charge is 0.310 e. The molecule has 2 aliphatic rings. The first kappa shape index (κ1) is 14.2. The highest BCUT2D eigenvalue weighted by atomic mass is 32.2. The van der Waals surface area contributed by atoms with Crippen LogP contribution in [-0.2, 0) is 0 Å². The number of likely N-dealkylation sites (N-methyl/N-ethyl adjacent to an activating group) is 1. The molecule has 1 aliphatic carbocycles. The molecule has 20 heavy (non-hydrogen) atoms. The Balaban J connectivity index is 1.86. The molecule has 0 saturated carbocycles. The van der Waals surface area contributed by atoms with Crippen LogP contribution in [0.15, 0.2) is 40.8 Å². The van der Waals surface area contributed by atoms with Crippen molar-refractivity contribution in [1.82, 2.24) is 5.32 Å². The molecular weight excluding hydrogens is 262 g/mol. The van der Waals surface area contributed by atoms with E-state index in [1.54, 1.807) is 11.1 Å². The van der Waals surface area contributed by atoms with Crippen molar-refractivity contribution >= 4 is 11.8 Å². The van der Waals surface area contributed by atoms with Crippen LogP contribution in [0.2, 0.25) is 0 Å². The third-order valence-corrected chi connectivity index (χ3v) is 5.75. The molecule has 2 atom stereocenters. The van der Waals surface area contributed by atoms with Crippen LogP contribution in [0, 0.1) is 0 Å². The summed E-state index contributed by atoms with van der Waals surface area (Å²) in [4.78, 5) is 1.50. The maximum Gasteiger partial charge on any atom is 0.0356 e. The quantitative estimate of drug-likeness (QED) is 0.802. The third kappa shape index (κ3) is 2.96. The Labute approximate surface area is 127 Å². The van der Waals surface area contributed by atoms with E-state index in [4.69, 9.17) is 0 Å². The number of hydrogen-bond acceptors (Lipinski definition) is 2. The summed E-state index contributed by atoms with van der Waals surface area (Å²) in [5.74, 6) is 1.88. The highest BCUT2D eigenvalue weighted by Crippen LogP contribution is 2.43. The van der Waals surface area contributed by atoms with E-state index in [-0.39, 0.29) is 0 Å². The van der Waals surface area contributed by atoms with Gasteiger partial charge in [0.2, 0.25) is 0 Å². The van der Waals surface area contributed by atoms with Gasteiger partial charge in [-0.15, -0.1) is 11.8 Å². The van der Waals surface area contributed by atoms with Crippen molar-refractivity contribution in [2.45, 2.75) is 55.9 Å². The van der Waals surface area contributed by atoms with Crippen LogP contribution in [0.25, 0.3) is 0 Å². The van der Waals surface area contributed by atoms with Gasteiger partial charge in [-0.3, -0.25) is 0 Å². The van der Waals surface area contributed by atoms with E-state index in [0.29, 0.717) is 12.0 Å². The lowest BCUT2D eigenvalue weighted by molar-refractivity contribution is 0.504. The summed E-state index contributed by atoms with van der Waals surface area (Å²) >= 11 is 2.03. The second kappa shape index (κ2) is 6.82. The Kier molecular flexibility index (Phi) is 4.85. The molecule has 2 heteroatoms. The van der Waals surface area contributed by atoms with Gasteiger partial charge in [0.1, 0.15) is 0 Å². The molecule has 1 aromatic rings. The average Bonchev–Trinajstić information content (AvgIpc) is 2.71. The topological polar surface area (TPSA) is 12.0 Å². The summed E-state index contributed by atoms with van der Waals surface area (Å²) < 4.78 is 0. The number of rotatable bonds is 4. The standard InChI is InChI=1S/C18H25NS/c1-2-19-18(14-9-5-3-4-6-10-14)16-13-20-17-12-8-7-11-15(16)17/h7-9,11-12,16,18-19H,2-6,10,13H2,1H3. The molecule has 0 aromatic heterocycles. The molecule has 1 nitrogen and oxygen atoms in total. The molecule has 0 spiro atoms. The molecule has 0 radical (unpaired) electrons. The maximum atomic E-state index is 3.78. The van der Waals surface area contributed by atoms with Crippen LogP contribution in [0.5, 0.6) is 0 Å². The van der Waals surface area contributed by atoms with Crippen LogP contribution in [0.1, 0.15) is 50.5 Å². The van der Waals surface area contributed by atoms with Crippen molar-refractivity contribution in [2.24, 2.45) is 0 Å². The van der Waals surface area contributed by atoms with Gasteiger partial charge in [0.25, 0.3) is 0 Å². The number of nitrogens with one attached hydrogen (secondary N) is 1. The zero-order valence-electron chi connectivity index (χ0n) is 12.4. The smallest absolute Gasteiger partial charge is 0.0356 e. The fraction of sp³-hybridized carbons (Fsp3) is 0.556. The molecule has 1 aliphatic heterocycles. The summed E-state index contributed by atoms with van der Waals surface area (Å²) in [6.07, 6.45) is 9.24. The lowest BCUT2D eigenvalue weighted by Gasteiger charge is -2.27. The summed E-state index contributed by atoms with van der Waals surface area (Å²) in [6, 6.07) is 9.53. The summed E-state index contributed by atoms with van der Waals surface area (Å²) in [5, 5.41) is 3.78. The van der Waals surface area contributed by atoms with Crippen LogP contribution in [0.3, 0.4) is 0 Å². The molecule has 1 N–H and O–H groups in total. The Morgan fingerprint density at radius 2 is 2.15 bits per heavy atom. The van der Waals surface area contributed by atoms with E-state index < -0.39 is 0 Å². The number of allylic oxidation sites excluding steroid dienone is 1. The molecule has 108 valence electrons. The minimum atomic E-state index is 0.550. The fourth-order valence-electron chi connectivity index (χ4n) is 3.54. The average molecular weight is 287 g/mol. The normalized spacial score (nSPS) is 23.9. The Morgan fingerprint density at radius 3 is 3.05 bits per heavy atom.